The number of nitrogens with one attached hydrogen (secondary N) is 2. The van der Waals surface area contributed by atoms with Crippen LogP contribution >= 0.6 is 0 Å². The average molecular weight is 354 g/mol. The van der Waals surface area contributed by atoms with Gasteiger partial charge in [-0.25, -0.2) is 13.8 Å². The highest BCUT2D eigenvalue weighted by Gasteiger charge is 2.13. The molecule has 0 unspecified atom stereocenters. The van der Waals surface area contributed by atoms with E-state index in [0.29, 0.717) is 5.95 Å². The Kier molecular flexibility index (Phi) is 4.84. The Morgan fingerprint density at radius 2 is 1.50 bits per heavy atom. The molecule has 0 aliphatic carbocycles. The van der Waals surface area contributed by atoms with Crippen molar-refractivity contribution in [2.45, 2.75) is 26.2 Å². The van der Waals surface area contributed by atoms with E-state index in [0.717, 1.165) is 5.69 Å². The lowest BCUT2D eigenvalue weighted by Crippen LogP contribution is -2.10. The molecule has 2 N–H and O–H groups in total. The number of hydrogen-bond acceptors (Lipinski definition) is 4. The Balaban J connectivity index is 1.77. The molecule has 6 heteroatoms. The van der Waals surface area contributed by atoms with Gasteiger partial charge in [0.05, 0.1) is 0 Å². The van der Waals surface area contributed by atoms with Crippen LogP contribution in [0.5, 0.6) is 0 Å². The van der Waals surface area contributed by atoms with E-state index in [1.807, 2.05) is 24.3 Å². The second-order valence-corrected chi connectivity index (χ2v) is 6.94. The Bertz CT molecular complexity index is 882. The zero-order valence-electron chi connectivity index (χ0n) is 14.8. The fraction of sp³-hybridized carbons (Fsp3) is 0.200. The molecule has 2 aromatic carbocycles. The van der Waals surface area contributed by atoms with Crippen molar-refractivity contribution in [3.05, 3.63) is 71.9 Å². The summed E-state index contributed by atoms with van der Waals surface area (Å²) in [5.41, 5.74) is 1.87. The third kappa shape index (κ3) is 4.14. The fourth-order valence-electron chi connectivity index (χ4n) is 2.42. The van der Waals surface area contributed by atoms with Gasteiger partial charge >= 0.3 is 0 Å². The monoisotopic (exact) mass is 354 g/mol. The molecule has 1 aromatic heterocycles. The number of para-hydroxylation sites is 1. The van der Waals surface area contributed by atoms with Crippen LogP contribution in [0.3, 0.4) is 0 Å². The van der Waals surface area contributed by atoms with Crippen LogP contribution in [0.2, 0.25) is 0 Å². The van der Waals surface area contributed by atoms with E-state index in [1.165, 1.54) is 30.0 Å². The first kappa shape index (κ1) is 17.8. The predicted molar refractivity (Wildman–Crippen MR) is 100 cm³/mol. The number of benzene rings is 2. The van der Waals surface area contributed by atoms with Crippen LogP contribution in [-0.2, 0) is 5.41 Å². The number of rotatable bonds is 4. The van der Waals surface area contributed by atoms with Crippen molar-refractivity contribution in [3.8, 4) is 0 Å². The molecule has 0 amide bonds. The SMILES string of the molecule is CC(C)(C)c1ccc(Nc2nccc(Nc3c(F)cccc3F)n2)cc1. The van der Waals surface area contributed by atoms with Crippen molar-refractivity contribution in [1.29, 1.82) is 0 Å². The zero-order chi connectivity index (χ0) is 18.7. The molecule has 3 rings (SSSR count). The standard InChI is InChI=1S/C20H20F2N4/c1-20(2,3)13-7-9-14(10-8-13)24-19-23-12-11-17(26-19)25-18-15(21)5-4-6-16(18)22/h4-12H,1-3H3,(H2,23,24,25,26). The summed E-state index contributed by atoms with van der Waals surface area (Å²) >= 11 is 0. The molecule has 0 spiro atoms. The highest BCUT2D eigenvalue weighted by molar-refractivity contribution is 5.60. The quantitative estimate of drug-likeness (QED) is 0.646. The Morgan fingerprint density at radius 1 is 0.846 bits per heavy atom. The Morgan fingerprint density at radius 3 is 2.12 bits per heavy atom. The molecule has 1 heterocycles. The third-order valence-electron chi connectivity index (χ3n) is 3.88. The van der Waals surface area contributed by atoms with Crippen molar-refractivity contribution in [1.82, 2.24) is 9.97 Å². The lowest BCUT2D eigenvalue weighted by Gasteiger charge is -2.19. The zero-order valence-corrected chi connectivity index (χ0v) is 14.8. The van der Waals surface area contributed by atoms with Gasteiger partial charge in [0.25, 0.3) is 0 Å². The summed E-state index contributed by atoms with van der Waals surface area (Å²) in [7, 11) is 0. The van der Waals surface area contributed by atoms with Crippen molar-refractivity contribution >= 4 is 23.1 Å². The summed E-state index contributed by atoms with van der Waals surface area (Å²) < 4.78 is 27.5. The van der Waals surface area contributed by atoms with Gasteiger partial charge in [-0.2, -0.15) is 4.98 Å². The van der Waals surface area contributed by atoms with E-state index in [2.05, 4.69) is 41.4 Å². The molecular formula is C20H20F2N4. The van der Waals surface area contributed by atoms with E-state index >= 15 is 0 Å². The van der Waals surface area contributed by atoms with Crippen LogP contribution < -0.4 is 10.6 Å². The summed E-state index contributed by atoms with van der Waals surface area (Å²) in [6, 6.07) is 13.2. The van der Waals surface area contributed by atoms with Gasteiger partial charge in [-0.05, 0) is 41.3 Å². The van der Waals surface area contributed by atoms with Gasteiger partial charge in [0.2, 0.25) is 5.95 Å². The van der Waals surface area contributed by atoms with Crippen molar-refractivity contribution < 1.29 is 8.78 Å². The normalized spacial score (nSPS) is 11.3. The second-order valence-electron chi connectivity index (χ2n) is 6.94. The first-order valence-electron chi connectivity index (χ1n) is 8.24. The van der Waals surface area contributed by atoms with Crippen LogP contribution in [0.4, 0.5) is 31.9 Å². The topological polar surface area (TPSA) is 49.8 Å². The van der Waals surface area contributed by atoms with E-state index in [9.17, 15) is 8.78 Å². The van der Waals surface area contributed by atoms with Crippen molar-refractivity contribution in [3.63, 3.8) is 0 Å². The number of aromatic nitrogens is 2. The maximum Gasteiger partial charge on any atom is 0.229 e. The van der Waals surface area contributed by atoms with Gasteiger partial charge in [0, 0.05) is 11.9 Å². The van der Waals surface area contributed by atoms with Crippen LogP contribution in [-0.4, -0.2) is 9.97 Å². The van der Waals surface area contributed by atoms with Crippen LogP contribution in [0.25, 0.3) is 0 Å². The maximum absolute atomic E-state index is 13.8. The minimum absolute atomic E-state index is 0.0721. The highest BCUT2D eigenvalue weighted by Crippen LogP contribution is 2.25. The van der Waals surface area contributed by atoms with Crippen LogP contribution in [0.15, 0.2) is 54.7 Å². The highest BCUT2D eigenvalue weighted by atomic mass is 19.1. The molecule has 26 heavy (non-hydrogen) atoms. The molecule has 0 radical (unpaired) electrons. The first-order chi connectivity index (χ1) is 12.3. The Hall–Kier alpha value is -3.02. The van der Waals surface area contributed by atoms with Crippen molar-refractivity contribution in [2.24, 2.45) is 0 Å². The molecule has 0 bridgehead atoms. The van der Waals surface area contributed by atoms with E-state index < -0.39 is 11.6 Å². The summed E-state index contributed by atoms with van der Waals surface area (Å²) in [4.78, 5) is 8.39. The van der Waals surface area contributed by atoms with Gasteiger partial charge < -0.3 is 10.6 Å². The lowest BCUT2D eigenvalue weighted by molar-refractivity contribution is 0.590. The van der Waals surface area contributed by atoms with Gasteiger partial charge in [0.1, 0.15) is 23.1 Å². The largest absolute Gasteiger partial charge is 0.335 e. The van der Waals surface area contributed by atoms with Gasteiger partial charge in [-0.1, -0.05) is 39.0 Å². The Labute approximate surface area is 151 Å². The molecule has 0 aliphatic rings. The van der Waals surface area contributed by atoms with E-state index in [4.69, 9.17) is 0 Å². The summed E-state index contributed by atoms with van der Waals surface area (Å²) in [6.45, 7) is 6.45. The van der Waals surface area contributed by atoms with Crippen molar-refractivity contribution in [2.75, 3.05) is 10.6 Å². The molecule has 3 aromatic rings. The van der Waals surface area contributed by atoms with Gasteiger partial charge in [-0.15, -0.1) is 0 Å². The maximum atomic E-state index is 13.8. The first-order valence-corrected chi connectivity index (χ1v) is 8.24. The molecule has 0 saturated carbocycles. The summed E-state index contributed by atoms with van der Waals surface area (Å²) in [5, 5.41) is 5.74. The van der Waals surface area contributed by atoms with Crippen LogP contribution in [0, 0.1) is 11.6 Å². The molecule has 0 aliphatic heterocycles. The molecule has 0 atom stereocenters. The molecule has 0 saturated heterocycles. The minimum atomic E-state index is -0.684. The number of nitrogens with zero attached hydrogens (tertiary/aromatic N) is 2. The molecule has 0 fully saturated rings. The summed E-state index contributed by atoms with van der Waals surface area (Å²) in [5.74, 6) is -0.750. The summed E-state index contributed by atoms with van der Waals surface area (Å²) in [6.07, 6.45) is 1.51. The van der Waals surface area contributed by atoms with Gasteiger partial charge in [-0.3, -0.25) is 0 Å². The average Bonchev–Trinajstić information content (AvgIpc) is 2.58. The smallest absolute Gasteiger partial charge is 0.229 e. The second kappa shape index (κ2) is 7.07. The number of halogens is 2. The lowest BCUT2D eigenvalue weighted by atomic mass is 9.87. The van der Waals surface area contributed by atoms with E-state index in [-0.39, 0.29) is 16.9 Å². The van der Waals surface area contributed by atoms with Crippen LogP contribution in [0.1, 0.15) is 26.3 Å². The fourth-order valence-corrected chi connectivity index (χ4v) is 2.42. The van der Waals surface area contributed by atoms with E-state index in [1.54, 1.807) is 6.07 Å². The molecule has 4 nitrogen and oxygen atoms in total. The third-order valence-corrected chi connectivity index (χ3v) is 3.88. The minimum Gasteiger partial charge on any atom is -0.335 e. The predicted octanol–water partition coefficient (Wildman–Crippen LogP) is 5.54. The number of anilines is 4. The molecule has 134 valence electrons. The number of hydrogen-bond donors (Lipinski definition) is 2. The molecular weight excluding hydrogens is 334 g/mol. The van der Waals surface area contributed by atoms with Gasteiger partial charge in [0.15, 0.2) is 0 Å².